The van der Waals surface area contributed by atoms with Crippen molar-refractivity contribution in [3.8, 4) is 0 Å². The predicted molar refractivity (Wildman–Crippen MR) is 87.6 cm³/mol. The van der Waals surface area contributed by atoms with Crippen molar-refractivity contribution < 1.29 is 19.4 Å². The first-order chi connectivity index (χ1) is 11.2. The van der Waals surface area contributed by atoms with E-state index in [2.05, 4.69) is 5.32 Å². The average molecular weight is 319 g/mol. The molecular formula is C18H25NO4. The van der Waals surface area contributed by atoms with Crippen LogP contribution in [0, 0.1) is 5.92 Å². The van der Waals surface area contributed by atoms with Gasteiger partial charge < -0.3 is 19.9 Å². The minimum absolute atomic E-state index is 0.0142. The lowest BCUT2D eigenvalue weighted by Crippen LogP contribution is -2.38. The number of ether oxygens (including phenoxy) is 2. The van der Waals surface area contributed by atoms with E-state index in [4.69, 9.17) is 9.47 Å². The van der Waals surface area contributed by atoms with Crippen LogP contribution in [-0.2, 0) is 14.3 Å². The van der Waals surface area contributed by atoms with Gasteiger partial charge in [-0.05, 0) is 31.4 Å². The van der Waals surface area contributed by atoms with Gasteiger partial charge in [0.1, 0.15) is 0 Å². The van der Waals surface area contributed by atoms with E-state index in [-0.39, 0.29) is 24.3 Å². The van der Waals surface area contributed by atoms with E-state index >= 15 is 0 Å². The lowest BCUT2D eigenvalue weighted by Gasteiger charge is -2.37. The summed E-state index contributed by atoms with van der Waals surface area (Å²) in [5, 5.41) is 11.8. The van der Waals surface area contributed by atoms with Crippen molar-refractivity contribution in [1.82, 2.24) is 5.32 Å². The monoisotopic (exact) mass is 319 g/mol. The number of carbonyl (C=O) groups excluding carboxylic acids is 1. The van der Waals surface area contributed by atoms with E-state index in [0.717, 1.165) is 12.0 Å². The molecule has 1 heterocycles. The molecule has 1 aliphatic heterocycles. The first-order valence-corrected chi connectivity index (χ1v) is 8.09. The maximum Gasteiger partial charge on any atom is 0.285 e. The zero-order chi connectivity index (χ0) is 16.7. The fourth-order valence-electron chi connectivity index (χ4n) is 2.94. The van der Waals surface area contributed by atoms with Gasteiger partial charge in [-0.3, -0.25) is 4.79 Å². The van der Waals surface area contributed by atoms with Gasteiger partial charge in [-0.25, -0.2) is 0 Å². The highest BCUT2D eigenvalue weighted by molar-refractivity contribution is 5.91. The summed E-state index contributed by atoms with van der Waals surface area (Å²) in [5.74, 6) is 0.106. The van der Waals surface area contributed by atoms with Crippen molar-refractivity contribution in [3.63, 3.8) is 0 Å². The van der Waals surface area contributed by atoms with Crippen LogP contribution in [0.15, 0.2) is 42.2 Å². The summed E-state index contributed by atoms with van der Waals surface area (Å²) in [4.78, 5) is 12.0. The maximum atomic E-state index is 12.0. The molecule has 126 valence electrons. The zero-order valence-corrected chi connectivity index (χ0v) is 13.7. The molecule has 0 radical (unpaired) electrons. The normalized spacial score (nSPS) is 23.8. The SMILES string of the molecule is CCO[C@@H]1OC(C(=O)NC)=C[C@H](c2ccccc2)[C@H]1CCCO. The average Bonchev–Trinajstić information content (AvgIpc) is 2.60. The van der Waals surface area contributed by atoms with E-state index < -0.39 is 6.29 Å². The molecule has 0 aliphatic carbocycles. The fourth-order valence-corrected chi connectivity index (χ4v) is 2.94. The second-order valence-corrected chi connectivity index (χ2v) is 5.52. The smallest absolute Gasteiger partial charge is 0.285 e. The highest BCUT2D eigenvalue weighted by Gasteiger charge is 2.37. The Balaban J connectivity index is 2.37. The van der Waals surface area contributed by atoms with Gasteiger partial charge in [0.25, 0.3) is 5.91 Å². The lowest BCUT2D eigenvalue weighted by molar-refractivity contribution is -0.166. The van der Waals surface area contributed by atoms with Crippen LogP contribution in [0.3, 0.4) is 0 Å². The number of nitrogens with one attached hydrogen (secondary N) is 1. The molecule has 1 aliphatic rings. The summed E-state index contributed by atoms with van der Waals surface area (Å²) in [6.07, 6.45) is 2.81. The number of amides is 1. The van der Waals surface area contributed by atoms with E-state index in [9.17, 15) is 9.90 Å². The fraction of sp³-hybridized carbons (Fsp3) is 0.500. The second kappa shape index (κ2) is 8.70. The van der Waals surface area contributed by atoms with Crippen molar-refractivity contribution in [1.29, 1.82) is 0 Å². The van der Waals surface area contributed by atoms with Crippen LogP contribution >= 0.6 is 0 Å². The van der Waals surface area contributed by atoms with Gasteiger partial charge >= 0.3 is 0 Å². The molecule has 0 spiro atoms. The number of rotatable bonds is 7. The van der Waals surface area contributed by atoms with Crippen molar-refractivity contribution in [2.45, 2.75) is 32.0 Å². The molecule has 23 heavy (non-hydrogen) atoms. The second-order valence-electron chi connectivity index (χ2n) is 5.52. The number of hydrogen-bond donors (Lipinski definition) is 2. The van der Waals surface area contributed by atoms with Crippen LogP contribution in [0.4, 0.5) is 0 Å². The molecule has 0 aromatic heterocycles. The van der Waals surface area contributed by atoms with Gasteiger partial charge in [-0.1, -0.05) is 30.3 Å². The van der Waals surface area contributed by atoms with Crippen LogP contribution in [0.2, 0.25) is 0 Å². The molecule has 1 aromatic carbocycles. The Hall–Kier alpha value is -1.85. The van der Waals surface area contributed by atoms with Crippen LogP contribution in [-0.4, -0.2) is 37.6 Å². The number of aliphatic hydroxyl groups is 1. The topological polar surface area (TPSA) is 67.8 Å². The number of hydrogen-bond acceptors (Lipinski definition) is 4. The molecule has 0 fully saturated rings. The summed E-state index contributed by atoms with van der Waals surface area (Å²) in [5.41, 5.74) is 1.12. The van der Waals surface area contributed by atoms with E-state index in [0.29, 0.717) is 18.8 Å². The Kier molecular flexibility index (Phi) is 6.62. The van der Waals surface area contributed by atoms with Gasteiger partial charge in [0, 0.05) is 32.1 Å². The van der Waals surface area contributed by atoms with Crippen molar-refractivity contribution >= 4 is 5.91 Å². The molecule has 5 nitrogen and oxygen atoms in total. The molecule has 3 atom stereocenters. The number of benzene rings is 1. The molecular weight excluding hydrogens is 294 g/mol. The van der Waals surface area contributed by atoms with Crippen molar-refractivity contribution in [3.05, 3.63) is 47.7 Å². The molecule has 0 unspecified atom stereocenters. The van der Waals surface area contributed by atoms with Gasteiger partial charge in [-0.2, -0.15) is 0 Å². The number of allylic oxidation sites excluding steroid dienone is 1. The standard InChI is InChI=1S/C18H25NO4/c1-3-22-18-14(10-7-11-20)15(13-8-5-4-6-9-13)12-16(23-18)17(21)19-2/h4-6,8-9,12,14-15,18,20H,3,7,10-11H2,1-2H3,(H,19,21)/t14-,15-,18-/m1/s1. The Bertz CT molecular complexity index is 529. The lowest BCUT2D eigenvalue weighted by atomic mass is 9.80. The first-order valence-electron chi connectivity index (χ1n) is 8.09. The molecule has 0 saturated carbocycles. The van der Waals surface area contributed by atoms with Gasteiger partial charge in [-0.15, -0.1) is 0 Å². The summed E-state index contributed by atoms with van der Waals surface area (Å²) in [6, 6.07) is 10.0. The largest absolute Gasteiger partial charge is 0.459 e. The third-order valence-electron chi connectivity index (χ3n) is 4.05. The summed E-state index contributed by atoms with van der Waals surface area (Å²) < 4.78 is 11.5. The molecule has 0 saturated heterocycles. The Morgan fingerprint density at radius 1 is 1.35 bits per heavy atom. The Labute approximate surface area is 137 Å². The van der Waals surface area contributed by atoms with Crippen molar-refractivity contribution in [2.24, 2.45) is 5.92 Å². The minimum Gasteiger partial charge on any atom is -0.459 e. The van der Waals surface area contributed by atoms with Gasteiger partial charge in [0.05, 0.1) is 0 Å². The van der Waals surface area contributed by atoms with Crippen LogP contribution in [0.25, 0.3) is 0 Å². The quantitative estimate of drug-likeness (QED) is 0.808. The molecule has 2 N–H and O–H groups in total. The highest BCUT2D eigenvalue weighted by atomic mass is 16.7. The third kappa shape index (κ3) is 4.33. The molecule has 5 heteroatoms. The third-order valence-corrected chi connectivity index (χ3v) is 4.05. The highest BCUT2D eigenvalue weighted by Crippen LogP contribution is 2.39. The number of carbonyl (C=O) groups is 1. The molecule has 0 bridgehead atoms. The minimum atomic E-state index is -0.492. The van der Waals surface area contributed by atoms with E-state index in [1.54, 1.807) is 7.05 Å². The first kappa shape index (κ1) is 17.5. The maximum absolute atomic E-state index is 12.0. The van der Waals surface area contributed by atoms with E-state index in [1.807, 2.05) is 43.3 Å². The summed E-state index contributed by atoms with van der Waals surface area (Å²) >= 11 is 0. The summed E-state index contributed by atoms with van der Waals surface area (Å²) in [6.45, 7) is 2.54. The number of likely N-dealkylation sites (N-methyl/N-ethyl adjacent to an activating group) is 1. The van der Waals surface area contributed by atoms with Gasteiger partial charge in [0.15, 0.2) is 5.76 Å². The van der Waals surface area contributed by atoms with E-state index in [1.165, 1.54) is 0 Å². The van der Waals surface area contributed by atoms with Crippen LogP contribution < -0.4 is 5.32 Å². The number of aliphatic hydroxyl groups excluding tert-OH is 1. The van der Waals surface area contributed by atoms with Crippen LogP contribution in [0.5, 0.6) is 0 Å². The Morgan fingerprint density at radius 2 is 2.09 bits per heavy atom. The predicted octanol–water partition coefficient (Wildman–Crippen LogP) is 2.18. The molecule has 1 aromatic rings. The Morgan fingerprint density at radius 3 is 2.70 bits per heavy atom. The zero-order valence-electron chi connectivity index (χ0n) is 13.7. The van der Waals surface area contributed by atoms with Gasteiger partial charge in [0.2, 0.25) is 6.29 Å². The molecule has 2 rings (SSSR count). The molecule has 1 amide bonds. The van der Waals surface area contributed by atoms with Crippen LogP contribution in [0.1, 0.15) is 31.2 Å². The summed E-state index contributed by atoms with van der Waals surface area (Å²) in [7, 11) is 1.58. The van der Waals surface area contributed by atoms with Crippen molar-refractivity contribution in [2.75, 3.05) is 20.3 Å².